The number of rotatable bonds is 2. The van der Waals surface area contributed by atoms with Gasteiger partial charge in [0, 0.05) is 6.92 Å². The molecule has 0 saturated heterocycles. The quantitative estimate of drug-likeness (QED) is 0.529. The van der Waals surface area contributed by atoms with Crippen molar-refractivity contribution in [3.8, 4) is 5.69 Å². The van der Waals surface area contributed by atoms with E-state index in [1.165, 1.54) is 6.92 Å². The molecule has 21 heavy (non-hydrogen) atoms. The van der Waals surface area contributed by atoms with Crippen LogP contribution in [0, 0.1) is 0 Å². The van der Waals surface area contributed by atoms with Gasteiger partial charge in [0.05, 0.1) is 16.7 Å². The molecule has 2 aromatic heterocycles. The fourth-order valence-electron chi connectivity index (χ4n) is 2.52. The van der Waals surface area contributed by atoms with Gasteiger partial charge in [0.2, 0.25) is 11.6 Å². The predicted octanol–water partition coefficient (Wildman–Crippen LogP) is 2.88. The van der Waals surface area contributed by atoms with Crippen molar-refractivity contribution in [1.82, 2.24) is 19.2 Å². The average molecular weight is 276 g/mol. The third-order valence-electron chi connectivity index (χ3n) is 3.45. The first kappa shape index (κ1) is 11.8. The molecule has 0 radical (unpaired) electrons. The Balaban J connectivity index is 2.16. The Morgan fingerprint density at radius 2 is 1.71 bits per heavy atom. The topological polar surface area (TPSA) is 52.2 Å². The first-order chi connectivity index (χ1) is 10.3. The zero-order valence-corrected chi connectivity index (χ0v) is 11.4. The predicted molar refractivity (Wildman–Crippen MR) is 79.8 cm³/mol. The van der Waals surface area contributed by atoms with Crippen LogP contribution in [-0.2, 0) is 0 Å². The number of nitrogens with zero attached hydrogens (tertiary/aromatic N) is 4. The number of ketones is 1. The Labute approximate surface area is 120 Å². The zero-order valence-electron chi connectivity index (χ0n) is 11.4. The minimum absolute atomic E-state index is 0.0853. The smallest absolute Gasteiger partial charge is 0.238 e. The van der Waals surface area contributed by atoms with E-state index in [1.54, 1.807) is 4.68 Å². The maximum absolute atomic E-state index is 11.9. The Bertz CT molecular complexity index is 966. The lowest BCUT2D eigenvalue weighted by atomic mass is 10.3. The summed E-state index contributed by atoms with van der Waals surface area (Å²) in [5, 5.41) is 4.44. The van der Waals surface area contributed by atoms with Crippen molar-refractivity contribution < 1.29 is 4.79 Å². The van der Waals surface area contributed by atoms with E-state index in [0.29, 0.717) is 11.6 Å². The van der Waals surface area contributed by atoms with Crippen molar-refractivity contribution in [3.63, 3.8) is 0 Å². The van der Waals surface area contributed by atoms with Crippen LogP contribution in [0.5, 0.6) is 0 Å². The molecule has 0 N–H and O–H groups in total. The molecule has 4 rings (SSSR count). The Hall–Kier alpha value is -2.95. The highest BCUT2D eigenvalue weighted by molar-refractivity contribution is 5.94. The monoisotopic (exact) mass is 276 g/mol. The maximum Gasteiger partial charge on any atom is 0.238 e. The molecule has 102 valence electrons. The highest BCUT2D eigenvalue weighted by Gasteiger charge is 2.19. The van der Waals surface area contributed by atoms with Gasteiger partial charge < -0.3 is 0 Å². The van der Waals surface area contributed by atoms with Gasteiger partial charge >= 0.3 is 0 Å². The summed E-state index contributed by atoms with van der Waals surface area (Å²) in [7, 11) is 0. The number of fused-ring (bicyclic) bond motifs is 3. The average Bonchev–Trinajstić information content (AvgIpc) is 3.05. The van der Waals surface area contributed by atoms with Crippen molar-refractivity contribution in [1.29, 1.82) is 0 Å². The van der Waals surface area contributed by atoms with Gasteiger partial charge in [0.25, 0.3) is 0 Å². The van der Waals surface area contributed by atoms with Crippen LogP contribution in [0.4, 0.5) is 0 Å². The van der Waals surface area contributed by atoms with Crippen LogP contribution in [0.2, 0.25) is 0 Å². The van der Waals surface area contributed by atoms with E-state index in [2.05, 4.69) is 10.1 Å². The van der Waals surface area contributed by atoms with Gasteiger partial charge in [0.15, 0.2) is 5.78 Å². The molecule has 0 bridgehead atoms. The van der Waals surface area contributed by atoms with Crippen LogP contribution in [0.1, 0.15) is 17.5 Å². The van der Waals surface area contributed by atoms with Crippen LogP contribution in [-0.4, -0.2) is 24.9 Å². The lowest BCUT2D eigenvalue weighted by Gasteiger charge is -1.98. The number of aromatic nitrogens is 4. The summed E-state index contributed by atoms with van der Waals surface area (Å²) in [6.45, 7) is 1.52. The number of hydrogen-bond donors (Lipinski definition) is 0. The fourth-order valence-corrected chi connectivity index (χ4v) is 2.52. The molecule has 0 aliphatic heterocycles. The van der Waals surface area contributed by atoms with Gasteiger partial charge in [0.1, 0.15) is 0 Å². The second-order valence-corrected chi connectivity index (χ2v) is 4.86. The molecule has 5 heteroatoms. The first-order valence-corrected chi connectivity index (χ1v) is 6.68. The SMILES string of the molecule is CC(=O)c1nn(-c2ccccc2)c2nc3ccccc3n12. The molecule has 0 aliphatic rings. The standard InChI is InChI=1S/C16H12N4O/c1-11(21)15-18-20(12-7-3-2-4-8-12)16-17-13-9-5-6-10-14(13)19(15)16/h2-10H,1H3. The Morgan fingerprint density at radius 3 is 2.48 bits per heavy atom. The highest BCUT2D eigenvalue weighted by atomic mass is 16.1. The largest absolute Gasteiger partial charge is 0.291 e. The summed E-state index contributed by atoms with van der Waals surface area (Å²) < 4.78 is 3.52. The van der Waals surface area contributed by atoms with Crippen LogP contribution >= 0.6 is 0 Å². The van der Waals surface area contributed by atoms with Crippen molar-refractivity contribution in [2.75, 3.05) is 0 Å². The second-order valence-electron chi connectivity index (χ2n) is 4.86. The van der Waals surface area contributed by atoms with E-state index in [4.69, 9.17) is 0 Å². The first-order valence-electron chi connectivity index (χ1n) is 6.68. The molecular weight excluding hydrogens is 264 g/mol. The molecule has 0 atom stereocenters. The summed E-state index contributed by atoms with van der Waals surface area (Å²) >= 11 is 0. The number of carbonyl (C=O) groups excluding carboxylic acids is 1. The highest BCUT2D eigenvalue weighted by Crippen LogP contribution is 2.21. The number of hydrogen-bond acceptors (Lipinski definition) is 3. The van der Waals surface area contributed by atoms with Crippen LogP contribution in [0.15, 0.2) is 54.6 Å². The van der Waals surface area contributed by atoms with E-state index in [9.17, 15) is 4.79 Å². The third kappa shape index (κ3) is 1.67. The lowest BCUT2D eigenvalue weighted by Crippen LogP contribution is -2.01. The van der Waals surface area contributed by atoms with Gasteiger partial charge in [-0.15, -0.1) is 5.10 Å². The molecule has 2 heterocycles. The maximum atomic E-state index is 11.9. The number of imidazole rings is 1. The molecule has 2 aromatic carbocycles. The number of benzene rings is 2. The van der Waals surface area contributed by atoms with E-state index >= 15 is 0 Å². The van der Waals surface area contributed by atoms with E-state index in [-0.39, 0.29) is 5.78 Å². The van der Waals surface area contributed by atoms with Crippen molar-refractivity contribution in [2.45, 2.75) is 6.92 Å². The number of para-hydroxylation sites is 3. The third-order valence-corrected chi connectivity index (χ3v) is 3.45. The second kappa shape index (κ2) is 4.28. The van der Waals surface area contributed by atoms with Gasteiger partial charge in [-0.3, -0.25) is 9.20 Å². The van der Waals surface area contributed by atoms with E-state index < -0.39 is 0 Å². The summed E-state index contributed by atoms with van der Waals surface area (Å²) in [5.41, 5.74) is 2.62. The Kier molecular flexibility index (Phi) is 2.41. The zero-order chi connectivity index (χ0) is 14.4. The minimum Gasteiger partial charge on any atom is -0.291 e. The van der Waals surface area contributed by atoms with Crippen molar-refractivity contribution >= 4 is 22.6 Å². The number of Topliss-reactive ketones (excluding diaryl/α,β-unsaturated/α-hetero) is 1. The summed E-state index contributed by atoms with van der Waals surface area (Å²) in [4.78, 5) is 16.5. The lowest BCUT2D eigenvalue weighted by molar-refractivity contribution is 0.100. The summed E-state index contributed by atoms with van der Waals surface area (Å²) in [6.07, 6.45) is 0. The van der Waals surface area contributed by atoms with Gasteiger partial charge in [-0.2, -0.15) is 4.68 Å². The van der Waals surface area contributed by atoms with Crippen molar-refractivity contribution in [3.05, 3.63) is 60.4 Å². The minimum atomic E-state index is -0.0853. The van der Waals surface area contributed by atoms with Gasteiger partial charge in [-0.25, -0.2) is 4.98 Å². The summed E-state index contributed by atoms with van der Waals surface area (Å²) in [5.74, 6) is 0.952. The van der Waals surface area contributed by atoms with Crippen LogP contribution < -0.4 is 0 Å². The van der Waals surface area contributed by atoms with E-state index in [1.807, 2.05) is 59.0 Å². The molecule has 0 unspecified atom stereocenters. The molecule has 0 saturated carbocycles. The summed E-state index contributed by atoms with van der Waals surface area (Å²) in [6, 6.07) is 17.4. The molecular formula is C16H12N4O. The van der Waals surface area contributed by atoms with Crippen LogP contribution in [0.25, 0.3) is 22.5 Å². The molecule has 0 amide bonds. The molecule has 0 fully saturated rings. The molecule has 4 aromatic rings. The van der Waals surface area contributed by atoms with Gasteiger partial charge in [-0.1, -0.05) is 30.3 Å². The van der Waals surface area contributed by atoms with Gasteiger partial charge in [-0.05, 0) is 24.3 Å². The van der Waals surface area contributed by atoms with Crippen LogP contribution in [0.3, 0.4) is 0 Å². The normalized spacial score (nSPS) is 11.3. The number of carbonyl (C=O) groups is 1. The molecule has 0 spiro atoms. The van der Waals surface area contributed by atoms with Crippen molar-refractivity contribution in [2.24, 2.45) is 0 Å². The van der Waals surface area contributed by atoms with E-state index in [0.717, 1.165) is 16.7 Å². The molecule has 0 aliphatic carbocycles. The fraction of sp³-hybridized carbons (Fsp3) is 0.0625. The Morgan fingerprint density at radius 1 is 1.00 bits per heavy atom. The molecule has 5 nitrogen and oxygen atoms in total.